The molecule has 9 nitrogen and oxygen atoms in total. The predicted molar refractivity (Wildman–Crippen MR) is 178 cm³/mol. The molecule has 4 amide bonds. The lowest BCUT2D eigenvalue weighted by molar-refractivity contribution is -0.187. The highest BCUT2D eigenvalue weighted by Gasteiger charge is 2.51. The van der Waals surface area contributed by atoms with Crippen LogP contribution in [0.4, 0.5) is 4.79 Å². The molecule has 1 unspecified atom stereocenters. The number of phenolic OH excluding ortho intramolecular Hbond substituents is 1. The van der Waals surface area contributed by atoms with E-state index in [2.05, 4.69) is 42.6 Å². The van der Waals surface area contributed by atoms with Gasteiger partial charge in [0.25, 0.3) is 0 Å². The Balaban J connectivity index is 1.51. The van der Waals surface area contributed by atoms with Gasteiger partial charge in [-0.25, -0.2) is 14.8 Å². The third-order valence-electron chi connectivity index (χ3n) is 8.69. The van der Waals surface area contributed by atoms with Crippen LogP contribution in [0.25, 0.3) is 0 Å². The number of aromatic hydroxyl groups is 1. The molecule has 3 aromatic rings. The number of carbonyl (C=O) groups excluding carboxylic acids is 3. The highest BCUT2D eigenvalue weighted by molar-refractivity contribution is 5.91. The molecule has 0 aromatic heterocycles. The van der Waals surface area contributed by atoms with Crippen LogP contribution < -0.4 is 5.32 Å². The minimum atomic E-state index is -0.828. The maximum Gasteiger partial charge on any atom is 0.334 e. The summed E-state index contributed by atoms with van der Waals surface area (Å²) >= 11 is 0. The molecule has 2 fully saturated rings. The zero-order valence-corrected chi connectivity index (χ0v) is 26.8. The van der Waals surface area contributed by atoms with Gasteiger partial charge < -0.3 is 20.2 Å². The van der Waals surface area contributed by atoms with Gasteiger partial charge in [0.05, 0.1) is 13.1 Å². The van der Waals surface area contributed by atoms with E-state index >= 15 is 0 Å². The zero-order chi connectivity index (χ0) is 32.6. The summed E-state index contributed by atoms with van der Waals surface area (Å²) in [5.41, 5.74) is 3.94. The molecular weight excluding hydrogens is 578 g/mol. The Bertz CT molecular complexity index is 1560. The van der Waals surface area contributed by atoms with E-state index in [9.17, 15) is 19.5 Å². The number of likely N-dealkylation sites (N-methyl/N-ethyl adjacent to an activating group) is 1. The van der Waals surface area contributed by atoms with E-state index in [-0.39, 0.29) is 49.0 Å². The number of nitrogens with one attached hydrogen (secondary N) is 1. The molecule has 0 aliphatic carbocycles. The van der Waals surface area contributed by atoms with Crippen LogP contribution in [0.5, 0.6) is 5.75 Å². The summed E-state index contributed by atoms with van der Waals surface area (Å²) in [6, 6.07) is 25.3. The fraction of sp³-hybridized carbons (Fsp3) is 0.324. The summed E-state index contributed by atoms with van der Waals surface area (Å²) in [4.78, 5) is 45.4. The molecule has 9 heteroatoms. The Morgan fingerprint density at radius 1 is 0.978 bits per heavy atom. The lowest BCUT2D eigenvalue weighted by Gasteiger charge is -2.54. The zero-order valence-electron chi connectivity index (χ0n) is 26.8. The summed E-state index contributed by atoms with van der Waals surface area (Å²) in [5, 5.41) is 16.1. The number of hydrazine groups is 1. The number of phenols is 1. The van der Waals surface area contributed by atoms with Crippen molar-refractivity contribution in [1.82, 2.24) is 25.1 Å². The molecule has 2 heterocycles. The first-order chi connectivity index (χ1) is 22.3. The molecule has 0 spiro atoms. The number of nitrogens with zero attached hydrogens (tertiary/aromatic N) is 4. The molecule has 3 aromatic carbocycles. The van der Waals surface area contributed by atoms with Crippen LogP contribution in [-0.4, -0.2) is 81.7 Å². The number of carbonyl (C=O) groups is 3. The molecule has 2 N–H and O–H groups in total. The number of urea groups is 1. The molecule has 3 atom stereocenters. The highest BCUT2D eigenvalue weighted by atomic mass is 16.3. The number of hydrogen-bond acceptors (Lipinski definition) is 5. The summed E-state index contributed by atoms with van der Waals surface area (Å²) in [6.45, 7) is 4.93. The number of benzene rings is 3. The number of fused-ring (bicyclic) bond motifs is 1. The first-order valence-electron chi connectivity index (χ1n) is 15.9. The van der Waals surface area contributed by atoms with E-state index in [4.69, 9.17) is 0 Å². The Kier molecular flexibility index (Phi) is 10.5. The number of rotatable bonds is 10. The molecular formula is C37H43N5O4. The van der Waals surface area contributed by atoms with Gasteiger partial charge in [-0.15, -0.1) is 0 Å². The second kappa shape index (κ2) is 14.9. The van der Waals surface area contributed by atoms with Gasteiger partial charge in [0.2, 0.25) is 11.8 Å². The maximum atomic E-state index is 14.5. The largest absolute Gasteiger partial charge is 0.508 e. The monoisotopic (exact) mass is 621 g/mol. The topological polar surface area (TPSA) is 96.4 Å². The van der Waals surface area contributed by atoms with Gasteiger partial charge in [0.15, 0.2) is 0 Å². The fourth-order valence-corrected chi connectivity index (χ4v) is 6.36. The van der Waals surface area contributed by atoms with Crippen molar-refractivity contribution in [3.8, 4) is 5.75 Å². The fourth-order valence-electron chi connectivity index (χ4n) is 6.36. The molecule has 0 bridgehead atoms. The lowest BCUT2D eigenvalue weighted by Crippen LogP contribution is -2.76. The Morgan fingerprint density at radius 2 is 1.65 bits per heavy atom. The van der Waals surface area contributed by atoms with Crippen molar-refractivity contribution in [2.75, 3.05) is 26.7 Å². The molecule has 2 aliphatic rings. The van der Waals surface area contributed by atoms with Crippen LogP contribution in [0, 0.1) is 0 Å². The minimum Gasteiger partial charge on any atom is -0.508 e. The molecule has 240 valence electrons. The van der Waals surface area contributed by atoms with Crippen LogP contribution in [0.2, 0.25) is 0 Å². The molecule has 5 rings (SSSR count). The van der Waals surface area contributed by atoms with Gasteiger partial charge in [-0.3, -0.25) is 9.59 Å². The van der Waals surface area contributed by atoms with Crippen molar-refractivity contribution in [2.24, 2.45) is 0 Å². The number of allylic oxidation sites excluding steroid dienone is 3. The Hall–Kier alpha value is -4.89. The van der Waals surface area contributed by atoms with Crippen LogP contribution in [0.1, 0.15) is 42.9 Å². The number of piperazine rings is 1. The second-order valence-electron chi connectivity index (χ2n) is 11.8. The van der Waals surface area contributed by atoms with Crippen molar-refractivity contribution in [2.45, 2.75) is 51.4 Å². The first-order valence-corrected chi connectivity index (χ1v) is 15.9. The Morgan fingerprint density at radius 3 is 2.30 bits per heavy atom. The van der Waals surface area contributed by atoms with Crippen LogP contribution in [-0.2, 0) is 22.6 Å². The molecule has 2 saturated heterocycles. The summed E-state index contributed by atoms with van der Waals surface area (Å²) in [5.74, 6) is -0.366. The minimum absolute atomic E-state index is 0.0359. The van der Waals surface area contributed by atoms with Gasteiger partial charge in [-0.2, -0.15) is 0 Å². The lowest BCUT2D eigenvalue weighted by atomic mass is 9.88. The van der Waals surface area contributed by atoms with E-state index in [0.717, 1.165) is 28.7 Å². The maximum absolute atomic E-state index is 14.5. The normalized spacial score (nSPS) is 19.8. The van der Waals surface area contributed by atoms with Gasteiger partial charge >= 0.3 is 6.03 Å². The van der Waals surface area contributed by atoms with Crippen LogP contribution in [0.3, 0.4) is 0 Å². The molecule has 46 heavy (non-hydrogen) atoms. The van der Waals surface area contributed by atoms with Gasteiger partial charge in [-0.1, -0.05) is 97.9 Å². The van der Waals surface area contributed by atoms with Crippen LogP contribution in [0.15, 0.2) is 109 Å². The average Bonchev–Trinajstić information content (AvgIpc) is 3.07. The third kappa shape index (κ3) is 7.32. The molecule has 0 radical (unpaired) electrons. The quantitative estimate of drug-likeness (QED) is 0.309. The van der Waals surface area contributed by atoms with E-state index < -0.39 is 12.2 Å². The van der Waals surface area contributed by atoms with Gasteiger partial charge in [-0.05, 0) is 47.7 Å². The first kappa shape index (κ1) is 32.5. The molecule has 0 saturated carbocycles. The summed E-state index contributed by atoms with van der Waals surface area (Å²) in [6.07, 6.45) is 6.75. The van der Waals surface area contributed by atoms with E-state index in [1.54, 1.807) is 46.2 Å². The van der Waals surface area contributed by atoms with Crippen LogP contribution >= 0.6 is 0 Å². The number of hydrogen-bond donors (Lipinski definition) is 2. The van der Waals surface area contributed by atoms with E-state index in [1.807, 2.05) is 60.4 Å². The van der Waals surface area contributed by atoms with Crippen molar-refractivity contribution in [3.63, 3.8) is 0 Å². The van der Waals surface area contributed by atoms with Crippen molar-refractivity contribution >= 4 is 17.8 Å². The van der Waals surface area contributed by atoms with E-state index in [1.165, 1.54) is 0 Å². The SMILES string of the molecule is C/C=C(\C=C/CC)C(CN1C[C@H]2N(C(=O)CN(C)N2C(=O)NCc2ccccc2)[C@@H](Cc2ccc(O)cc2)C1=O)c1ccccc1. The molecule has 2 aliphatic heterocycles. The second-order valence-corrected chi connectivity index (χ2v) is 11.8. The van der Waals surface area contributed by atoms with Crippen molar-refractivity contribution in [3.05, 3.63) is 125 Å². The highest BCUT2D eigenvalue weighted by Crippen LogP contribution is 2.32. The number of amides is 4. The summed E-state index contributed by atoms with van der Waals surface area (Å²) < 4.78 is 0. The third-order valence-corrected chi connectivity index (χ3v) is 8.69. The predicted octanol–water partition coefficient (Wildman–Crippen LogP) is 5.07. The van der Waals surface area contributed by atoms with Crippen molar-refractivity contribution < 1.29 is 19.5 Å². The van der Waals surface area contributed by atoms with Gasteiger partial charge in [0.1, 0.15) is 18.0 Å². The summed E-state index contributed by atoms with van der Waals surface area (Å²) in [7, 11) is 1.73. The van der Waals surface area contributed by atoms with Crippen molar-refractivity contribution in [1.29, 1.82) is 0 Å². The standard InChI is InChI=1S/C37H43N5O4/c1-4-6-15-29(5-2)32(30-16-11-8-12-17-30)24-40-25-34-41(33(36(40)45)22-27-18-20-31(43)21-19-27)35(44)26-39(3)42(34)37(46)38-23-28-13-9-7-10-14-28/h5-21,32-34,43H,4,22-26H2,1-3H3,(H,38,46)/b15-6-,29-5+/t32?,33-,34-/m0/s1. The Labute approximate surface area is 271 Å². The smallest absolute Gasteiger partial charge is 0.334 e. The van der Waals surface area contributed by atoms with Gasteiger partial charge in [0, 0.05) is 32.5 Å². The van der Waals surface area contributed by atoms with E-state index in [0.29, 0.717) is 13.1 Å². The average molecular weight is 622 g/mol.